The average molecular weight is 526 g/mol. The van der Waals surface area contributed by atoms with Crippen molar-refractivity contribution in [3.63, 3.8) is 0 Å². The molecule has 2 rings (SSSR count). The van der Waals surface area contributed by atoms with E-state index in [2.05, 4.69) is 0 Å². The molecule has 35 heavy (non-hydrogen) atoms. The Kier molecular flexibility index (Phi) is 9.84. The number of ketones is 1. The Morgan fingerprint density at radius 2 is 1.74 bits per heavy atom. The minimum absolute atomic E-state index is 0.0529. The van der Waals surface area contributed by atoms with Crippen LogP contribution in [0.5, 0.6) is 5.75 Å². The molecule has 0 aromatic heterocycles. The maximum absolute atomic E-state index is 12.6. The van der Waals surface area contributed by atoms with Gasteiger partial charge >= 0.3 is 5.97 Å². The fourth-order valence-electron chi connectivity index (χ4n) is 3.78. The summed E-state index contributed by atoms with van der Waals surface area (Å²) in [6.07, 6.45) is 9.98. The Labute approximate surface area is 206 Å². The van der Waals surface area contributed by atoms with Crippen LogP contribution in [0.15, 0.2) is 53.8 Å². The summed E-state index contributed by atoms with van der Waals surface area (Å²) in [6.45, 7) is 0. The molecule has 1 atom stereocenters. The third kappa shape index (κ3) is 8.36. The second kappa shape index (κ2) is 12.2. The first-order valence-corrected chi connectivity index (χ1v) is 14.7. The van der Waals surface area contributed by atoms with Crippen LogP contribution >= 0.6 is 0 Å². The van der Waals surface area contributed by atoms with Gasteiger partial charge in [-0.3, -0.25) is 9.59 Å². The van der Waals surface area contributed by atoms with Gasteiger partial charge in [-0.05, 0) is 49.5 Å². The molecular formula is C24H31NO8S2. The van der Waals surface area contributed by atoms with Crippen molar-refractivity contribution >= 4 is 37.9 Å². The summed E-state index contributed by atoms with van der Waals surface area (Å²) in [5.74, 6) is -1.81. The number of unbranched alkanes of at least 4 members (excludes halogenated alkanes) is 2. The summed E-state index contributed by atoms with van der Waals surface area (Å²) >= 11 is 0. The van der Waals surface area contributed by atoms with Crippen molar-refractivity contribution in [3.05, 3.63) is 59.3 Å². The van der Waals surface area contributed by atoms with Crippen LogP contribution in [0.1, 0.15) is 44.1 Å². The van der Waals surface area contributed by atoms with Gasteiger partial charge in [0.05, 0.1) is 31.2 Å². The predicted molar refractivity (Wildman–Crippen MR) is 134 cm³/mol. The molecule has 0 saturated heterocycles. The minimum atomic E-state index is -4.27. The largest absolute Gasteiger partial charge is 0.497 e. The van der Waals surface area contributed by atoms with E-state index in [4.69, 9.17) is 4.74 Å². The number of allylic oxidation sites excluding steroid dienone is 4. The Bertz CT molecular complexity index is 1190. The monoisotopic (exact) mass is 525 g/mol. The zero-order chi connectivity index (χ0) is 26.2. The number of hydrogen-bond donors (Lipinski definition) is 1. The van der Waals surface area contributed by atoms with Gasteiger partial charge in [0.25, 0.3) is 0 Å². The number of rotatable bonds is 13. The number of hydrogen-bond acceptors (Lipinski definition) is 7. The van der Waals surface area contributed by atoms with Crippen molar-refractivity contribution in [3.8, 4) is 5.75 Å². The van der Waals surface area contributed by atoms with Crippen LogP contribution < -0.4 is 4.74 Å². The number of carboxylic acids is 1. The van der Waals surface area contributed by atoms with E-state index >= 15 is 0 Å². The number of carboxylic acid groups (broad SMARTS) is 1. The van der Waals surface area contributed by atoms with Gasteiger partial charge in [-0.25, -0.2) is 16.8 Å². The molecule has 1 aliphatic rings. The van der Waals surface area contributed by atoms with Crippen LogP contribution in [0.2, 0.25) is 0 Å². The van der Waals surface area contributed by atoms with Gasteiger partial charge < -0.3 is 9.84 Å². The van der Waals surface area contributed by atoms with Crippen molar-refractivity contribution in [2.75, 3.05) is 19.6 Å². The lowest BCUT2D eigenvalue weighted by Crippen LogP contribution is -2.36. The first-order valence-electron chi connectivity index (χ1n) is 11.0. The summed E-state index contributed by atoms with van der Waals surface area (Å²) in [7, 11) is -6.94. The van der Waals surface area contributed by atoms with E-state index in [1.807, 2.05) is 36.4 Å². The average Bonchev–Trinajstić information content (AvgIpc) is 2.75. The van der Waals surface area contributed by atoms with Crippen LogP contribution in [-0.4, -0.2) is 57.0 Å². The van der Waals surface area contributed by atoms with Crippen LogP contribution in [0, 0.1) is 5.92 Å². The molecule has 0 aliphatic heterocycles. The third-order valence-corrected chi connectivity index (χ3v) is 8.65. The zero-order valence-electron chi connectivity index (χ0n) is 20.0. The normalized spacial score (nSPS) is 15.5. The number of ether oxygens (including phenoxy) is 1. The van der Waals surface area contributed by atoms with Crippen molar-refractivity contribution in [1.29, 1.82) is 0 Å². The molecule has 1 aliphatic carbocycles. The summed E-state index contributed by atoms with van der Waals surface area (Å²) in [4.78, 5) is 24.5. The number of benzene rings is 1. The Balaban J connectivity index is 2.09. The Morgan fingerprint density at radius 3 is 2.29 bits per heavy atom. The molecule has 0 radical (unpaired) electrons. The van der Waals surface area contributed by atoms with Gasteiger partial charge in [0.1, 0.15) is 5.75 Å². The number of carbonyl (C=O) groups is 2. The molecule has 1 unspecified atom stereocenters. The molecule has 1 N–H and O–H groups in total. The van der Waals surface area contributed by atoms with Crippen molar-refractivity contribution < 1.29 is 36.3 Å². The Morgan fingerprint density at radius 1 is 1.11 bits per heavy atom. The van der Waals surface area contributed by atoms with Gasteiger partial charge in [0, 0.05) is 12.0 Å². The maximum atomic E-state index is 12.6. The summed E-state index contributed by atoms with van der Waals surface area (Å²) < 4.78 is 54.1. The molecule has 1 aromatic carbocycles. The van der Waals surface area contributed by atoms with Crippen molar-refractivity contribution in [1.82, 2.24) is 3.71 Å². The van der Waals surface area contributed by atoms with Crippen molar-refractivity contribution in [2.24, 2.45) is 5.92 Å². The summed E-state index contributed by atoms with van der Waals surface area (Å²) in [5, 5.41) is 9.70. The number of carbonyl (C=O) groups excluding carboxylic acids is 1. The summed E-state index contributed by atoms with van der Waals surface area (Å²) in [5.41, 5.74) is 0.605. The molecule has 0 amide bonds. The molecule has 0 bridgehead atoms. The van der Waals surface area contributed by atoms with Gasteiger partial charge in [0.2, 0.25) is 20.0 Å². The van der Waals surface area contributed by atoms with E-state index in [0.29, 0.717) is 6.42 Å². The molecule has 0 heterocycles. The zero-order valence-corrected chi connectivity index (χ0v) is 21.6. The van der Waals surface area contributed by atoms with E-state index < -0.39 is 37.7 Å². The number of sulfonamides is 2. The maximum Gasteiger partial charge on any atom is 0.306 e. The van der Waals surface area contributed by atoms with E-state index in [-0.39, 0.29) is 34.2 Å². The highest BCUT2D eigenvalue weighted by Gasteiger charge is 2.34. The van der Waals surface area contributed by atoms with E-state index in [1.165, 1.54) is 12.2 Å². The van der Waals surface area contributed by atoms with Gasteiger partial charge in [-0.15, -0.1) is 0 Å². The van der Waals surface area contributed by atoms with Gasteiger partial charge in [-0.2, -0.15) is 3.71 Å². The molecule has 1 aromatic rings. The topological polar surface area (TPSA) is 135 Å². The predicted octanol–water partition coefficient (Wildman–Crippen LogP) is 3.36. The molecule has 0 saturated carbocycles. The molecule has 0 spiro atoms. The molecular weight excluding hydrogens is 494 g/mol. The van der Waals surface area contributed by atoms with Crippen LogP contribution in [-0.2, 0) is 29.6 Å². The molecule has 11 heteroatoms. The smallest absolute Gasteiger partial charge is 0.306 e. The molecule has 0 fully saturated rings. The van der Waals surface area contributed by atoms with E-state index in [0.717, 1.165) is 36.7 Å². The fourth-order valence-corrected chi connectivity index (χ4v) is 6.81. The SMILES string of the molecule is COc1ccc(/C=C/CCCCC(CC2=C(N(S(C)(=O)=O)S(C)(=O)=O)C=CCC2=O)C(=O)O)cc1. The van der Waals surface area contributed by atoms with Crippen LogP contribution in [0.25, 0.3) is 6.08 Å². The quantitative estimate of drug-likeness (QED) is 0.387. The third-order valence-electron chi connectivity index (χ3n) is 5.42. The minimum Gasteiger partial charge on any atom is -0.497 e. The van der Waals surface area contributed by atoms with Crippen molar-refractivity contribution in [2.45, 2.75) is 38.5 Å². The highest BCUT2D eigenvalue weighted by atomic mass is 32.3. The standard InChI is InChI=1S/C24H31NO8S2/c1-33-20-15-13-18(14-16-20)9-6-4-5-7-10-19(24(27)28)17-21-22(11-8-12-23(21)26)25(34(2,29)30)35(3,31)32/h6,8-9,11,13-16,19H,4-5,7,10,12,17H2,1-3H3,(H,27,28)/b9-6+. The highest BCUT2D eigenvalue weighted by Crippen LogP contribution is 2.30. The van der Waals surface area contributed by atoms with Gasteiger partial charge in [-0.1, -0.05) is 36.8 Å². The van der Waals surface area contributed by atoms with Crippen LogP contribution in [0.4, 0.5) is 0 Å². The first-order chi connectivity index (χ1) is 16.3. The highest BCUT2D eigenvalue weighted by molar-refractivity contribution is 8.03. The van der Waals surface area contributed by atoms with Gasteiger partial charge in [0.15, 0.2) is 5.78 Å². The lowest BCUT2D eigenvalue weighted by Gasteiger charge is -2.26. The Hall–Kier alpha value is -2.92. The number of nitrogens with zero attached hydrogens (tertiary/aromatic N) is 1. The lowest BCUT2D eigenvalue weighted by atomic mass is 9.88. The number of Topliss-reactive ketones (excluding diaryl/α,β-unsaturated/α-hetero) is 1. The lowest BCUT2D eigenvalue weighted by molar-refractivity contribution is -0.142. The number of methoxy groups -OCH3 is 1. The fraction of sp³-hybridized carbons (Fsp3) is 0.417. The summed E-state index contributed by atoms with van der Waals surface area (Å²) in [6, 6.07) is 7.56. The van der Waals surface area contributed by atoms with E-state index in [1.54, 1.807) is 7.11 Å². The second-order valence-corrected chi connectivity index (χ2v) is 12.2. The molecule has 192 valence electrons. The number of aliphatic carboxylic acids is 1. The second-order valence-electron chi connectivity index (χ2n) is 8.32. The van der Waals surface area contributed by atoms with Crippen LogP contribution in [0.3, 0.4) is 0 Å². The van der Waals surface area contributed by atoms with E-state index in [9.17, 15) is 31.5 Å². The first kappa shape index (κ1) is 28.3. The molecule has 9 nitrogen and oxygen atoms in total.